The van der Waals surface area contributed by atoms with Gasteiger partial charge in [0.05, 0.1) is 12.2 Å². The lowest BCUT2D eigenvalue weighted by Gasteiger charge is -2.20. The van der Waals surface area contributed by atoms with Crippen LogP contribution in [0.5, 0.6) is 5.75 Å². The maximum atomic E-state index is 11.7. The molecule has 2 rings (SSSR count). The van der Waals surface area contributed by atoms with E-state index in [0.29, 0.717) is 18.7 Å². The molecule has 0 aromatic heterocycles. The molecule has 0 saturated heterocycles. The Labute approximate surface area is 94.2 Å². The minimum absolute atomic E-state index is 0.128. The highest BCUT2D eigenvalue weighted by molar-refractivity contribution is 5.92. The third-order valence-electron chi connectivity index (χ3n) is 2.70. The lowest BCUT2D eigenvalue weighted by atomic mass is 9.95. The lowest BCUT2D eigenvalue weighted by molar-refractivity contribution is 0.0524. The monoisotopic (exact) mass is 221 g/mol. The van der Waals surface area contributed by atoms with Crippen LogP contribution in [0.2, 0.25) is 0 Å². The zero-order valence-corrected chi connectivity index (χ0v) is 9.25. The Bertz CT molecular complexity index is 415. The number of rotatable bonds is 2. The Hall–Kier alpha value is -1.55. The van der Waals surface area contributed by atoms with Crippen LogP contribution < -0.4 is 5.32 Å². The number of esters is 1. The second-order valence-corrected chi connectivity index (χ2v) is 3.78. The van der Waals surface area contributed by atoms with Crippen molar-refractivity contribution in [2.75, 3.05) is 13.2 Å². The topological polar surface area (TPSA) is 58.6 Å². The van der Waals surface area contributed by atoms with Crippen molar-refractivity contribution in [2.24, 2.45) is 0 Å². The van der Waals surface area contributed by atoms with E-state index in [0.717, 1.165) is 24.1 Å². The molecule has 0 bridgehead atoms. The molecule has 4 heteroatoms. The van der Waals surface area contributed by atoms with Gasteiger partial charge in [-0.1, -0.05) is 0 Å². The van der Waals surface area contributed by atoms with E-state index in [9.17, 15) is 9.90 Å². The molecular formula is C12H15NO3. The van der Waals surface area contributed by atoms with Gasteiger partial charge in [-0.3, -0.25) is 0 Å². The van der Waals surface area contributed by atoms with Crippen molar-refractivity contribution < 1.29 is 14.6 Å². The number of aromatic hydroxyl groups is 1. The third kappa shape index (κ3) is 2.02. The summed E-state index contributed by atoms with van der Waals surface area (Å²) in [4.78, 5) is 11.7. The molecular weight excluding hydrogens is 206 g/mol. The number of ether oxygens (including phenoxy) is 1. The molecule has 16 heavy (non-hydrogen) atoms. The normalized spacial score (nSPS) is 14.3. The van der Waals surface area contributed by atoms with Gasteiger partial charge in [-0.05, 0) is 43.1 Å². The number of nitrogens with one attached hydrogen (secondary N) is 1. The van der Waals surface area contributed by atoms with E-state index < -0.39 is 0 Å². The van der Waals surface area contributed by atoms with E-state index in [4.69, 9.17) is 4.74 Å². The summed E-state index contributed by atoms with van der Waals surface area (Å²) >= 11 is 0. The van der Waals surface area contributed by atoms with Gasteiger partial charge >= 0.3 is 5.97 Å². The van der Waals surface area contributed by atoms with Gasteiger partial charge < -0.3 is 15.2 Å². The highest BCUT2D eigenvalue weighted by Crippen LogP contribution is 2.25. The van der Waals surface area contributed by atoms with Crippen LogP contribution in [0.3, 0.4) is 0 Å². The summed E-state index contributed by atoms with van der Waals surface area (Å²) in [5.74, 6) is -0.234. The van der Waals surface area contributed by atoms with Gasteiger partial charge in [0.15, 0.2) is 0 Å². The molecule has 1 aliphatic heterocycles. The van der Waals surface area contributed by atoms with Crippen LogP contribution in [0.25, 0.3) is 0 Å². The highest BCUT2D eigenvalue weighted by Gasteiger charge is 2.19. The minimum atomic E-state index is -0.363. The smallest absolute Gasteiger partial charge is 0.338 e. The summed E-state index contributed by atoms with van der Waals surface area (Å²) in [5, 5.41) is 12.8. The predicted molar refractivity (Wildman–Crippen MR) is 59.5 cm³/mol. The highest BCUT2D eigenvalue weighted by atomic mass is 16.5. The molecule has 0 atom stereocenters. The number of phenols is 1. The average Bonchev–Trinajstić information content (AvgIpc) is 2.28. The Morgan fingerprint density at radius 2 is 2.38 bits per heavy atom. The summed E-state index contributed by atoms with van der Waals surface area (Å²) in [6.45, 7) is 3.64. The molecule has 1 aromatic carbocycles. The lowest BCUT2D eigenvalue weighted by Crippen LogP contribution is -2.26. The van der Waals surface area contributed by atoms with Crippen molar-refractivity contribution in [2.45, 2.75) is 19.9 Å². The molecule has 0 saturated carbocycles. The van der Waals surface area contributed by atoms with E-state index in [1.165, 1.54) is 6.07 Å². The van der Waals surface area contributed by atoms with E-state index >= 15 is 0 Å². The maximum absolute atomic E-state index is 11.7. The van der Waals surface area contributed by atoms with Crippen molar-refractivity contribution in [1.82, 2.24) is 5.32 Å². The predicted octanol–water partition coefficient (Wildman–Crippen LogP) is 1.21. The van der Waals surface area contributed by atoms with Crippen LogP contribution in [0.15, 0.2) is 12.1 Å². The van der Waals surface area contributed by atoms with Gasteiger partial charge in [-0.2, -0.15) is 0 Å². The first kappa shape index (κ1) is 11.0. The zero-order chi connectivity index (χ0) is 11.5. The quantitative estimate of drug-likeness (QED) is 0.737. The first-order chi connectivity index (χ1) is 7.72. The van der Waals surface area contributed by atoms with Crippen LogP contribution in [-0.4, -0.2) is 24.2 Å². The largest absolute Gasteiger partial charge is 0.508 e. The van der Waals surface area contributed by atoms with Gasteiger partial charge in [0.2, 0.25) is 0 Å². The molecule has 2 N–H and O–H groups in total. The fourth-order valence-electron chi connectivity index (χ4n) is 1.97. The number of fused-ring (bicyclic) bond motifs is 1. The van der Waals surface area contributed by atoms with Crippen LogP contribution in [-0.2, 0) is 17.7 Å². The summed E-state index contributed by atoms with van der Waals surface area (Å²) in [5.41, 5.74) is 2.45. The van der Waals surface area contributed by atoms with Crippen LogP contribution >= 0.6 is 0 Å². The molecule has 0 aliphatic carbocycles. The van der Waals surface area contributed by atoms with Gasteiger partial charge in [0, 0.05) is 6.54 Å². The van der Waals surface area contributed by atoms with E-state index in [2.05, 4.69) is 5.32 Å². The molecule has 0 spiro atoms. The number of hydrogen-bond acceptors (Lipinski definition) is 4. The zero-order valence-electron chi connectivity index (χ0n) is 9.25. The van der Waals surface area contributed by atoms with Gasteiger partial charge in [-0.25, -0.2) is 4.79 Å². The maximum Gasteiger partial charge on any atom is 0.338 e. The number of phenolic OH excluding ortho intramolecular Hbond substituents is 1. The fourth-order valence-corrected chi connectivity index (χ4v) is 1.97. The van der Waals surface area contributed by atoms with Crippen LogP contribution in [0, 0.1) is 0 Å². The molecule has 1 aliphatic rings. The molecule has 86 valence electrons. The number of carbonyl (C=O) groups excluding carboxylic acids is 1. The summed E-state index contributed by atoms with van der Waals surface area (Å²) in [7, 11) is 0. The molecule has 4 nitrogen and oxygen atoms in total. The number of benzene rings is 1. The average molecular weight is 221 g/mol. The first-order valence-electron chi connectivity index (χ1n) is 5.45. The molecule has 0 unspecified atom stereocenters. The second-order valence-electron chi connectivity index (χ2n) is 3.78. The van der Waals surface area contributed by atoms with Crippen molar-refractivity contribution in [3.05, 3.63) is 28.8 Å². The van der Waals surface area contributed by atoms with E-state index in [1.54, 1.807) is 13.0 Å². The molecule has 0 radical (unpaired) electrons. The number of hydrogen-bond donors (Lipinski definition) is 2. The fraction of sp³-hybridized carbons (Fsp3) is 0.417. The summed E-state index contributed by atoms with van der Waals surface area (Å²) in [6.07, 6.45) is 0.830. The Morgan fingerprint density at radius 3 is 3.12 bits per heavy atom. The van der Waals surface area contributed by atoms with Crippen LogP contribution in [0.4, 0.5) is 0 Å². The Kier molecular flexibility index (Phi) is 3.10. The molecule has 1 aromatic rings. The Morgan fingerprint density at radius 1 is 1.56 bits per heavy atom. The first-order valence-corrected chi connectivity index (χ1v) is 5.45. The molecule has 1 heterocycles. The van der Waals surface area contributed by atoms with Crippen molar-refractivity contribution in [3.63, 3.8) is 0 Å². The van der Waals surface area contributed by atoms with Crippen LogP contribution in [0.1, 0.15) is 28.4 Å². The standard InChI is InChI=1S/C12H15NO3/c1-2-16-12(15)10-6-9(14)5-8-3-4-13-7-11(8)10/h5-6,13-14H,2-4,7H2,1H3. The van der Waals surface area contributed by atoms with E-state index in [-0.39, 0.29) is 11.7 Å². The van der Waals surface area contributed by atoms with Crippen molar-refractivity contribution in [3.8, 4) is 5.75 Å². The van der Waals surface area contributed by atoms with Gasteiger partial charge in [0.25, 0.3) is 0 Å². The van der Waals surface area contributed by atoms with Gasteiger partial charge in [0.1, 0.15) is 5.75 Å². The second kappa shape index (κ2) is 4.53. The third-order valence-corrected chi connectivity index (χ3v) is 2.70. The summed E-state index contributed by atoms with van der Waals surface area (Å²) in [6, 6.07) is 3.20. The molecule has 0 fully saturated rings. The van der Waals surface area contributed by atoms with Crippen molar-refractivity contribution >= 4 is 5.97 Å². The van der Waals surface area contributed by atoms with E-state index in [1.807, 2.05) is 0 Å². The van der Waals surface area contributed by atoms with Gasteiger partial charge in [-0.15, -0.1) is 0 Å². The SMILES string of the molecule is CCOC(=O)c1cc(O)cc2c1CNCC2. The minimum Gasteiger partial charge on any atom is -0.508 e. The molecule has 0 amide bonds. The summed E-state index contributed by atoms with van der Waals surface area (Å²) < 4.78 is 4.97. The van der Waals surface area contributed by atoms with Crippen molar-refractivity contribution in [1.29, 1.82) is 0 Å². The number of carbonyl (C=O) groups is 1. The Balaban J connectivity index is 2.43.